The van der Waals surface area contributed by atoms with Crippen molar-refractivity contribution in [1.82, 2.24) is 4.98 Å². The average molecular weight is 192 g/mol. The number of alkyl halides is 2. The Bertz CT molecular complexity index is 317. The Morgan fingerprint density at radius 2 is 2.15 bits per heavy atom. The molecule has 0 unspecified atom stereocenters. The second-order valence-electron chi connectivity index (χ2n) is 2.24. The summed E-state index contributed by atoms with van der Waals surface area (Å²) < 4.78 is 41.6. The van der Waals surface area contributed by atoms with E-state index in [-0.39, 0.29) is 0 Å². The number of pyridine rings is 1. The number of aromatic nitrogens is 1. The number of nitrogens with zero attached hydrogens (tertiary/aromatic N) is 1. The second-order valence-corrected chi connectivity index (χ2v) is 2.24. The van der Waals surface area contributed by atoms with Crippen molar-refractivity contribution >= 4 is 5.69 Å². The molecule has 0 saturated carbocycles. The highest BCUT2D eigenvalue weighted by atomic mass is 19.3. The van der Waals surface area contributed by atoms with E-state index in [2.05, 4.69) is 9.72 Å². The van der Waals surface area contributed by atoms with E-state index in [9.17, 15) is 13.2 Å². The topological polar surface area (TPSA) is 48.1 Å². The van der Waals surface area contributed by atoms with Gasteiger partial charge in [-0.05, 0) is 0 Å². The molecule has 0 spiro atoms. The van der Waals surface area contributed by atoms with Crippen LogP contribution in [0.1, 0.15) is 12.1 Å². The largest absolute Gasteiger partial charge is 0.491 e. The minimum absolute atomic E-state index is 0.398. The SMILES string of the molecule is COc1c(F)cnc(C(F)F)c1N. The molecular formula is C7H7F3N2O. The number of methoxy groups -OCH3 is 1. The molecular weight excluding hydrogens is 185 g/mol. The van der Waals surface area contributed by atoms with Crippen LogP contribution in [0.4, 0.5) is 18.9 Å². The first-order chi connectivity index (χ1) is 6.07. The first kappa shape index (κ1) is 9.63. The van der Waals surface area contributed by atoms with Crippen molar-refractivity contribution in [2.24, 2.45) is 0 Å². The Morgan fingerprint density at radius 1 is 1.54 bits per heavy atom. The van der Waals surface area contributed by atoms with Gasteiger partial charge in [0.25, 0.3) is 6.43 Å². The second kappa shape index (κ2) is 3.51. The monoisotopic (exact) mass is 192 g/mol. The zero-order chi connectivity index (χ0) is 10.0. The van der Waals surface area contributed by atoms with Crippen LogP contribution >= 0.6 is 0 Å². The molecule has 6 heteroatoms. The fourth-order valence-corrected chi connectivity index (χ4v) is 0.881. The van der Waals surface area contributed by atoms with Gasteiger partial charge in [-0.1, -0.05) is 0 Å². The van der Waals surface area contributed by atoms with Crippen LogP contribution in [0.25, 0.3) is 0 Å². The molecule has 0 bridgehead atoms. The summed E-state index contributed by atoms with van der Waals surface area (Å²) in [6, 6.07) is 0. The van der Waals surface area contributed by atoms with Gasteiger partial charge in [0.1, 0.15) is 11.4 Å². The lowest BCUT2D eigenvalue weighted by molar-refractivity contribution is 0.146. The minimum atomic E-state index is -2.84. The maximum Gasteiger partial charge on any atom is 0.282 e. The van der Waals surface area contributed by atoms with E-state index in [4.69, 9.17) is 5.73 Å². The van der Waals surface area contributed by atoms with Gasteiger partial charge in [-0.15, -0.1) is 0 Å². The standard InChI is InChI=1S/C7H7F3N2O/c1-13-6-3(8)2-12-5(4(6)11)7(9)10/h2,7H,11H2,1H3. The Kier molecular flexibility index (Phi) is 2.60. The van der Waals surface area contributed by atoms with Gasteiger partial charge in [0.15, 0.2) is 11.6 Å². The van der Waals surface area contributed by atoms with Crippen LogP contribution in [0.5, 0.6) is 5.75 Å². The molecule has 0 fully saturated rings. The molecule has 0 aliphatic carbocycles. The van der Waals surface area contributed by atoms with Crippen molar-refractivity contribution in [2.75, 3.05) is 12.8 Å². The van der Waals surface area contributed by atoms with Gasteiger partial charge in [0.2, 0.25) is 0 Å². The number of rotatable bonds is 2. The number of nitrogens with two attached hydrogens (primary N) is 1. The maximum atomic E-state index is 12.8. The zero-order valence-electron chi connectivity index (χ0n) is 6.72. The Balaban J connectivity index is 3.27. The van der Waals surface area contributed by atoms with Crippen LogP contribution in [0.2, 0.25) is 0 Å². The first-order valence-corrected chi connectivity index (χ1v) is 3.34. The average Bonchev–Trinajstić information content (AvgIpc) is 2.04. The number of ether oxygens (including phenoxy) is 1. The summed E-state index contributed by atoms with van der Waals surface area (Å²) in [5.74, 6) is -1.25. The summed E-state index contributed by atoms with van der Waals surface area (Å²) in [5, 5.41) is 0. The summed E-state index contributed by atoms with van der Waals surface area (Å²) in [5.41, 5.74) is 4.06. The Hall–Kier alpha value is -1.46. The molecule has 72 valence electrons. The Labute approximate surface area is 72.3 Å². The molecule has 1 aromatic rings. The number of nitrogen functional groups attached to an aromatic ring is 1. The summed E-state index contributed by atoms with van der Waals surface area (Å²) in [7, 11) is 1.14. The van der Waals surface area contributed by atoms with Crippen molar-refractivity contribution in [3.8, 4) is 5.75 Å². The van der Waals surface area contributed by atoms with Gasteiger partial charge in [-0.3, -0.25) is 0 Å². The van der Waals surface area contributed by atoms with Gasteiger partial charge in [0, 0.05) is 0 Å². The van der Waals surface area contributed by atoms with Gasteiger partial charge < -0.3 is 10.5 Å². The van der Waals surface area contributed by atoms with Crippen LogP contribution in [-0.2, 0) is 0 Å². The number of hydrogen-bond acceptors (Lipinski definition) is 3. The lowest BCUT2D eigenvalue weighted by Gasteiger charge is -2.08. The van der Waals surface area contributed by atoms with E-state index in [0.29, 0.717) is 6.20 Å². The third-order valence-corrected chi connectivity index (χ3v) is 1.47. The van der Waals surface area contributed by atoms with E-state index < -0.39 is 29.4 Å². The van der Waals surface area contributed by atoms with E-state index in [0.717, 1.165) is 7.11 Å². The van der Waals surface area contributed by atoms with Crippen LogP contribution in [0.15, 0.2) is 6.20 Å². The van der Waals surface area contributed by atoms with Gasteiger partial charge >= 0.3 is 0 Å². The molecule has 0 aliphatic heterocycles. The van der Waals surface area contributed by atoms with Gasteiger partial charge in [-0.2, -0.15) is 0 Å². The van der Waals surface area contributed by atoms with Gasteiger partial charge in [0.05, 0.1) is 13.3 Å². The van der Waals surface area contributed by atoms with E-state index in [1.165, 1.54) is 0 Å². The third-order valence-electron chi connectivity index (χ3n) is 1.47. The summed E-state index contributed by atoms with van der Waals surface area (Å²) in [6.45, 7) is 0. The van der Waals surface area contributed by atoms with E-state index >= 15 is 0 Å². The third kappa shape index (κ3) is 1.66. The molecule has 0 aliphatic rings. The molecule has 1 aromatic heterocycles. The smallest absolute Gasteiger partial charge is 0.282 e. The fraction of sp³-hybridized carbons (Fsp3) is 0.286. The molecule has 3 nitrogen and oxygen atoms in total. The van der Waals surface area contributed by atoms with Crippen LogP contribution < -0.4 is 10.5 Å². The number of hydrogen-bond donors (Lipinski definition) is 1. The van der Waals surface area contributed by atoms with Crippen molar-refractivity contribution in [3.63, 3.8) is 0 Å². The van der Waals surface area contributed by atoms with Gasteiger partial charge in [-0.25, -0.2) is 18.2 Å². The molecule has 1 rings (SSSR count). The molecule has 0 aromatic carbocycles. The van der Waals surface area contributed by atoms with Crippen molar-refractivity contribution in [1.29, 1.82) is 0 Å². The molecule has 1 heterocycles. The minimum Gasteiger partial charge on any atom is -0.491 e. The van der Waals surface area contributed by atoms with Crippen LogP contribution in [0.3, 0.4) is 0 Å². The Morgan fingerprint density at radius 3 is 2.62 bits per heavy atom. The number of halogens is 3. The molecule has 0 atom stereocenters. The van der Waals surface area contributed by atoms with Crippen molar-refractivity contribution in [3.05, 3.63) is 17.7 Å². The van der Waals surface area contributed by atoms with Crippen LogP contribution in [0, 0.1) is 5.82 Å². The predicted molar refractivity (Wildman–Crippen MR) is 40.1 cm³/mol. The lowest BCUT2D eigenvalue weighted by atomic mass is 10.3. The van der Waals surface area contributed by atoms with Crippen LogP contribution in [-0.4, -0.2) is 12.1 Å². The molecule has 2 N–H and O–H groups in total. The van der Waals surface area contributed by atoms with Crippen molar-refractivity contribution in [2.45, 2.75) is 6.43 Å². The predicted octanol–water partition coefficient (Wildman–Crippen LogP) is 1.75. The van der Waals surface area contributed by atoms with E-state index in [1.54, 1.807) is 0 Å². The number of anilines is 1. The molecule has 0 saturated heterocycles. The molecule has 13 heavy (non-hydrogen) atoms. The highest BCUT2D eigenvalue weighted by Gasteiger charge is 2.19. The quantitative estimate of drug-likeness (QED) is 0.776. The fourth-order valence-electron chi connectivity index (χ4n) is 0.881. The summed E-state index contributed by atoms with van der Waals surface area (Å²) in [6.07, 6.45) is -2.19. The summed E-state index contributed by atoms with van der Waals surface area (Å²) in [4.78, 5) is 3.16. The zero-order valence-corrected chi connectivity index (χ0v) is 6.72. The van der Waals surface area contributed by atoms with Crippen molar-refractivity contribution < 1.29 is 17.9 Å². The maximum absolute atomic E-state index is 12.8. The van der Waals surface area contributed by atoms with E-state index in [1.807, 2.05) is 0 Å². The lowest BCUT2D eigenvalue weighted by Crippen LogP contribution is -2.03. The summed E-state index contributed by atoms with van der Waals surface area (Å²) >= 11 is 0. The highest BCUT2D eigenvalue weighted by Crippen LogP contribution is 2.31. The normalized spacial score (nSPS) is 10.5. The molecule has 0 amide bonds. The molecule has 0 radical (unpaired) electrons. The highest BCUT2D eigenvalue weighted by molar-refractivity contribution is 5.56. The first-order valence-electron chi connectivity index (χ1n) is 3.34.